The molecule has 1 amide bonds. The SMILES string of the molecule is CC(Sc1nc2ccccc2c(=O)n1Cc1ccco1)C(=O)Nc1ccc2[nH]c(=O)[nH]c2c1. The number of benzene rings is 2. The zero-order valence-electron chi connectivity index (χ0n) is 17.5. The van der Waals surface area contributed by atoms with Crippen molar-refractivity contribution >= 4 is 45.3 Å². The molecule has 3 heterocycles. The minimum Gasteiger partial charge on any atom is -0.467 e. The molecule has 0 aliphatic carbocycles. The molecule has 0 saturated heterocycles. The van der Waals surface area contributed by atoms with Gasteiger partial charge in [-0.25, -0.2) is 9.78 Å². The Morgan fingerprint density at radius 3 is 2.76 bits per heavy atom. The predicted octanol–water partition coefficient (Wildman–Crippen LogP) is 3.33. The van der Waals surface area contributed by atoms with Gasteiger partial charge < -0.3 is 19.7 Å². The Morgan fingerprint density at radius 1 is 1.12 bits per heavy atom. The van der Waals surface area contributed by atoms with E-state index in [1.54, 1.807) is 61.7 Å². The van der Waals surface area contributed by atoms with Crippen LogP contribution in [0, 0.1) is 0 Å². The van der Waals surface area contributed by atoms with Crippen LogP contribution in [0.4, 0.5) is 5.69 Å². The lowest BCUT2D eigenvalue weighted by Gasteiger charge is -2.16. The quantitative estimate of drug-likeness (QED) is 0.263. The number of hydrogen-bond donors (Lipinski definition) is 3. The lowest BCUT2D eigenvalue weighted by atomic mass is 10.2. The number of aromatic amines is 2. The number of furan rings is 1. The highest BCUT2D eigenvalue weighted by atomic mass is 32.2. The second-order valence-electron chi connectivity index (χ2n) is 7.47. The summed E-state index contributed by atoms with van der Waals surface area (Å²) in [4.78, 5) is 47.5. The molecule has 3 N–H and O–H groups in total. The molecule has 0 bridgehead atoms. The molecule has 0 fully saturated rings. The number of carbonyl (C=O) groups is 1. The summed E-state index contributed by atoms with van der Waals surface area (Å²) in [5.74, 6) is 0.353. The molecule has 166 valence electrons. The number of aromatic nitrogens is 4. The fourth-order valence-electron chi connectivity index (χ4n) is 3.50. The summed E-state index contributed by atoms with van der Waals surface area (Å²) in [5, 5.41) is 3.22. The van der Waals surface area contributed by atoms with Crippen LogP contribution in [0.2, 0.25) is 0 Å². The van der Waals surface area contributed by atoms with Gasteiger partial charge in [-0.3, -0.25) is 14.2 Å². The van der Waals surface area contributed by atoms with Crippen LogP contribution >= 0.6 is 11.8 Å². The molecular weight excluding hydrogens is 442 g/mol. The summed E-state index contributed by atoms with van der Waals surface area (Å²) >= 11 is 1.19. The molecule has 1 unspecified atom stereocenters. The summed E-state index contributed by atoms with van der Waals surface area (Å²) in [7, 11) is 0. The molecule has 10 heteroatoms. The molecule has 0 aliphatic rings. The smallest absolute Gasteiger partial charge is 0.323 e. The van der Waals surface area contributed by atoms with Gasteiger partial charge in [-0.05, 0) is 49.4 Å². The average molecular weight is 462 g/mol. The number of anilines is 1. The van der Waals surface area contributed by atoms with Gasteiger partial charge >= 0.3 is 5.69 Å². The van der Waals surface area contributed by atoms with Crippen LogP contribution in [-0.2, 0) is 11.3 Å². The van der Waals surface area contributed by atoms with Crippen LogP contribution in [0.5, 0.6) is 0 Å². The zero-order valence-corrected chi connectivity index (χ0v) is 18.3. The highest BCUT2D eigenvalue weighted by Gasteiger charge is 2.20. The fourth-order valence-corrected chi connectivity index (χ4v) is 4.41. The van der Waals surface area contributed by atoms with Crippen molar-refractivity contribution < 1.29 is 9.21 Å². The number of amides is 1. The number of nitrogens with one attached hydrogen (secondary N) is 3. The third-order valence-corrected chi connectivity index (χ3v) is 6.25. The van der Waals surface area contributed by atoms with Gasteiger partial charge in [0.25, 0.3) is 5.56 Å². The van der Waals surface area contributed by atoms with Crippen molar-refractivity contribution in [1.29, 1.82) is 0 Å². The van der Waals surface area contributed by atoms with Gasteiger partial charge in [0.1, 0.15) is 5.76 Å². The number of fused-ring (bicyclic) bond motifs is 2. The Labute approximate surface area is 190 Å². The van der Waals surface area contributed by atoms with E-state index in [0.717, 1.165) is 0 Å². The fraction of sp³-hybridized carbons (Fsp3) is 0.130. The van der Waals surface area contributed by atoms with E-state index >= 15 is 0 Å². The summed E-state index contributed by atoms with van der Waals surface area (Å²) in [6.07, 6.45) is 1.55. The van der Waals surface area contributed by atoms with Crippen molar-refractivity contribution in [2.75, 3.05) is 5.32 Å². The highest BCUT2D eigenvalue weighted by molar-refractivity contribution is 8.00. The van der Waals surface area contributed by atoms with Crippen molar-refractivity contribution in [2.45, 2.75) is 23.9 Å². The minimum atomic E-state index is -0.554. The van der Waals surface area contributed by atoms with E-state index in [1.165, 1.54) is 16.3 Å². The van der Waals surface area contributed by atoms with E-state index in [4.69, 9.17) is 4.42 Å². The van der Waals surface area contributed by atoms with Crippen LogP contribution in [0.1, 0.15) is 12.7 Å². The zero-order chi connectivity index (χ0) is 22.9. The van der Waals surface area contributed by atoms with Gasteiger partial charge in [-0.15, -0.1) is 0 Å². The molecule has 5 aromatic rings. The minimum absolute atomic E-state index is 0.200. The van der Waals surface area contributed by atoms with Crippen molar-refractivity contribution in [3.05, 3.63) is 87.5 Å². The number of hydrogen-bond acceptors (Lipinski definition) is 6. The first kappa shape index (κ1) is 20.8. The summed E-state index contributed by atoms with van der Waals surface area (Å²) in [6.45, 7) is 1.95. The number of H-pyrrole nitrogens is 2. The first-order chi connectivity index (χ1) is 16.0. The molecule has 0 aliphatic heterocycles. The maximum Gasteiger partial charge on any atom is 0.323 e. The van der Waals surface area contributed by atoms with Gasteiger partial charge in [-0.2, -0.15) is 0 Å². The largest absolute Gasteiger partial charge is 0.467 e. The van der Waals surface area contributed by atoms with Crippen molar-refractivity contribution in [2.24, 2.45) is 0 Å². The molecule has 5 rings (SSSR count). The van der Waals surface area contributed by atoms with Crippen molar-refractivity contribution in [3.8, 4) is 0 Å². The van der Waals surface area contributed by atoms with Crippen molar-refractivity contribution in [3.63, 3.8) is 0 Å². The van der Waals surface area contributed by atoms with Crippen LogP contribution in [0.3, 0.4) is 0 Å². The number of carbonyl (C=O) groups excluding carboxylic acids is 1. The predicted molar refractivity (Wildman–Crippen MR) is 127 cm³/mol. The molecule has 0 spiro atoms. The van der Waals surface area contributed by atoms with Gasteiger partial charge in [0, 0.05) is 5.69 Å². The monoisotopic (exact) mass is 461 g/mol. The Morgan fingerprint density at radius 2 is 1.94 bits per heavy atom. The Balaban J connectivity index is 1.43. The maximum atomic E-state index is 13.2. The Bertz CT molecular complexity index is 1580. The van der Waals surface area contributed by atoms with Gasteiger partial charge in [0.05, 0.1) is 40.0 Å². The van der Waals surface area contributed by atoms with Crippen molar-refractivity contribution in [1.82, 2.24) is 19.5 Å². The first-order valence-corrected chi connectivity index (χ1v) is 11.1. The normalized spacial score (nSPS) is 12.3. The third-order valence-electron chi connectivity index (χ3n) is 5.16. The lowest BCUT2D eigenvalue weighted by Crippen LogP contribution is -2.27. The number of para-hydroxylation sites is 1. The standard InChI is InChI=1S/C23H19N5O4S/c1-13(20(29)24-14-8-9-18-19(11-14)26-22(31)25-18)33-23-27-17-7-3-2-6-16(17)21(30)28(23)12-15-5-4-10-32-15/h2-11,13H,12H2,1H3,(H,24,29)(H2,25,26,31). The molecule has 1 atom stereocenters. The van der Waals surface area contributed by atoms with E-state index in [9.17, 15) is 14.4 Å². The average Bonchev–Trinajstić information content (AvgIpc) is 3.44. The molecule has 0 radical (unpaired) electrons. The number of rotatable bonds is 6. The molecule has 2 aromatic carbocycles. The van der Waals surface area contributed by atoms with E-state index in [0.29, 0.717) is 38.5 Å². The summed E-state index contributed by atoms with van der Waals surface area (Å²) < 4.78 is 6.94. The number of thioether (sulfide) groups is 1. The Hall–Kier alpha value is -4.05. The van der Waals surface area contributed by atoms with Crippen LogP contribution in [-0.4, -0.2) is 30.7 Å². The molecule has 9 nitrogen and oxygen atoms in total. The van der Waals surface area contributed by atoms with Gasteiger partial charge in [-0.1, -0.05) is 23.9 Å². The van der Waals surface area contributed by atoms with Crippen LogP contribution in [0.15, 0.2) is 80.0 Å². The van der Waals surface area contributed by atoms with E-state index in [2.05, 4.69) is 20.3 Å². The molecule has 33 heavy (non-hydrogen) atoms. The lowest BCUT2D eigenvalue weighted by molar-refractivity contribution is -0.115. The summed E-state index contributed by atoms with van der Waals surface area (Å²) in [5.41, 5.74) is 1.86. The highest BCUT2D eigenvalue weighted by Crippen LogP contribution is 2.25. The molecule has 3 aromatic heterocycles. The number of imidazole rings is 1. The van der Waals surface area contributed by atoms with E-state index in [1.807, 2.05) is 6.07 Å². The van der Waals surface area contributed by atoms with Gasteiger partial charge in [0.2, 0.25) is 5.91 Å². The second kappa shape index (κ2) is 8.47. The Kier molecular flexibility index (Phi) is 5.35. The van der Waals surface area contributed by atoms with E-state index in [-0.39, 0.29) is 23.7 Å². The molecule has 0 saturated carbocycles. The topological polar surface area (TPSA) is 126 Å². The third kappa shape index (κ3) is 4.20. The van der Waals surface area contributed by atoms with Crippen LogP contribution < -0.4 is 16.6 Å². The van der Waals surface area contributed by atoms with Gasteiger partial charge in [0.15, 0.2) is 5.16 Å². The summed E-state index contributed by atoms with van der Waals surface area (Å²) in [6, 6.07) is 15.8. The van der Waals surface area contributed by atoms with Crippen LogP contribution in [0.25, 0.3) is 21.9 Å². The van der Waals surface area contributed by atoms with E-state index < -0.39 is 5.25 Å². The molecular formula is C23H19N5O4S. The number of nitrogens with zero attached hydrogens (tertiary/aromatic N) is 2. The maximum absolute atomic E-state index is 13.2. The first-order valence-electron chi connectivity index (χ1n) is 10.2. The second-order valence-corrected chi connectivity index (χ2v) is 8.78.